The molecule has 2 aromatic heterocycles. The van der Waals surface area contributed by atoms with Gasteiger partial charge in [-0.1, -0.05) is 23.7 Å². The minimum absolute atomic E-state index is 0.0488. The van der Waals surface area contributed by atoms with Gasteiger partial charge < -0.3 is 14.5 Å². The van der Waals surface area contributed by atoms with Gasteiger partial charge in [0.15, 0.2) is 0 Å². The Labute approximate surface area is 161 Å². The fraction of sp³-hybridized carbons (Fsp3) is 0.333. The number of aromatic amines is 1. The first-order chi connectivity index (χ1) is 12.9. The Morgan fingerprint density at radius 3 is 2.78 bits per heavy atom. The van der Waals surface area contributed by atoms with Gasteiger partial charge in [0.05, 0.1) is 16.5 Å². The molecule has 2 atom stereocenters. The molecule has 0 bridgehead atoms. The molecule has 138 valence electrons. The average Bonchev–Trinajstić information content (AvgIpc) is 3.02. The van der Waals surface area contributed by atoms with Crippen molar-refractivity contribution in [3.63, 3.8) is 0 Å². The molecule has 2 aliphatic rings. The molecule has 1 aliphatic heterocycles. The maximum Gasteiger partial charge on any atom is 0.260 e. The highest BCUT2D eigenvalue weighted by atomic mass is 35.5. The molecule has 1 saturated heterocycles. The van der Waals surface area contributed by atoms with Crippen LogP contribution in [0.5, 0.6) is 0 Å². The Kier molecular flexibility index (Phi) is 3.38. The van der Waals surface area contributed by atoms with E-state index in [9.17, 15) is 9.59 Å². The summed E-state index contributed by atoms with van der Waals surface area (Å²) in [6.07, 6.45) is 4.57. The third-order valence-electron chi connectivity index (χ3n) is 6.28. The molecule has 27 heavy (non-hydrogen) atoms. The molecule has 1 amide bonds. The van der Waals surface area contributed by atoms with E-state index in [1.807, 2.05) is 24.0 Å². The molecule has 1 saturated carbocycles. The molecule has 5 nitrogen and oxygen atoms in total. The third kappa shape index (κ3) is 2.31. The normalized spacial score (nSPS) is 23.7. The lowest BCUT2D eigenvalue weighted by molar-refractivity contribution is 0.0774. The average molecular weight is 382 g/mol. The van der Waals surface area contributed by atoms with Crippen LogP contribution in [0.25, 0.3) is 10.9 Å². The smallest absolute Gasteiger partial charge is 0.260 e. The Hall–Kier alpha value is -2.53. The van der Waals surface area contributed by atoms with Crippen molar-refractivity contribution in [2.24, 2.45) is 13.0 Å². The number of rotatable bonds is 2. The van der Waals surface area contributed by atoms with E-state index < -0.39 is 0 Å². The van der Waals surface area contributed by atoms with Gasteiger partial charge >= 0.3 is 0 Å². The fourth-order valence-corrected chi connectivity index (χ4v) is 4.88. The minimum atomic E-state index is -0.142. The summed E-state index contributed by atoms with van der Waals surface area (Å²) in [5.74, 6) is 0.418. The summed E-state index contributed by atoms with van der Waals surface area (Å²) in [7, 11) is 1.72. The van der Waals surface area contributed by atoms with Crippen LogP contribution in [0, 0.1) is 12.8 Å². The van der Waals surface area contributed by atoms with Crippen LogP contribution in [0.3, 0.4) is 0 Å². The van der Waals surface area contributed by atoms with Gasteiger partial charge in [-0.2, -0.15) is 0 Å². The van der Waals surface area contributed by atoms with Crippen LogP contribution in [0.1, 0.15) is 27.9 Å². The zero-order valence-electron chi connectivity index (χ0n) is 15.3. The Morgan fingerprint density at radius 1 is 1.30 bits per heavy atom. The van der Waals surface area contributed by atoms with Crippen LogP contribution < -0.4 is 5.56 Å². The summed E-state index contributed by atoms with van der Waals surface area (Å²) in [5, 5.41) is 1.21. The first kappa shape index (κ1) is 16.6. The van der Waals surface area contributed by atoms with Crippen LogP contribution in [-0.4, -0.2) is 33.4 Å². The summed E-state index contributed by atoms with van der Waals surface area (Å²) < 4.78 is 1.54. The second kappa shape index (κ2) is 5.49. The lowest BCUT2D eigenvalue weighted by atomic mass is 9.95. The maximum atomic E-state index is 13.2. The van der Waals surface area contributed by atoms with Gasteiger partial charge in [0, 0.05) is 43.0 Å². The number of halogens is 1. The number of likely N-dealkylation sites (tertiary alicyclic amines) is 1. The van der Waals surface area contributed by atoms with Crippen molar-refractivity contribution in [1.82, 2.24) is 14.5 Å². The summed E-state index contributed by atoms with van der Waals surface area (Å²) in [5.41, 5.74) is 3.33. The monoisotopic (exact) mass is 381 g/mol. The molecule has 1 aliphatic carbocycles. The van der Waals surface area contributed by atoms with Gasteiger partial charge in [0.1, 0.15) is 0 Å². The molecule has 0 radical (unpaired) electrons. The topological polar surface area (TPSA) is 58.1 Å². The Morgan fingerprint density at radius 2 is 2.04 bits per heavy atom. The van der Waals surface area contributed by atoms with E-state index in [1.165, 1.54) is 5.56 Å². The lowest BCUT2D eigenvalue weighted by Gasteiger charge is -2.21. The number of H-pyrrole nitrogens is 1. The molecule has 6 heteroatoms. The minimum Gasteiger partial charge on any atom is -0.360 e. The number of fused-ring (bicyclic) bond motifs is 2. The summed E-state index contributed by atoms with van der Waals surface area (Å²) >= 11 is 6.02. The molecule has 1 aromatic carbocycles. The van der Waals surface area contributed by atoms with Gasteiger partial charge in [-0.05, 0) is 42.5 Å². The Balaban J connectivity index is 1.49. The van der Waals surface area contributed by atoms with Crippen molar-refractivity contribution in [3.05, 3.63) is 68.7 Å². The highest BCUT2D eigenvalue weighted by Crippen LogP contribution is 2.59. The van der Waals surface area contributed by atoms with Crippen LogP contribution in [0.15, 0.2) is 41.5 Å². The summed E-state index contributed by atoms with van der Waals surface area (Å²) in [6, 6.07) is 7.97. The number of benzene rings is 1. The molecule has 3 aromatic rings. The van der Waals surface area contributed by atoms with Crippen molar-refractivity contribution in [2.75, 3.05) is 13.1 Å². The predicted octanol–water partition coefficient (Wildman–Crippen LogP) is 3.24. The quantitative estimate of drug-likeness (QED) is 0.740. The molecular weight excluding hydrogens is 362 g/mol. The molecular formula is C21H20ClN3O2. The highest BCUT2D eigenvalue weighted by Gasteiger charge is 2.61. The number of carbonyl (C=O) groups is 1. The van der Waals surface area contributed by atoms with Crippen LogP contribution >= 0.6 is 11.6 Å². The SMILES string of the molecule is Cc1cn(C)c(=O)c2c(C(=O)N3CC4CC4(c4ccc(Cl)cc4)C3)c[nH]c12. The zero-order valence-corrected chi connectivity index (χ0v) is 16.0. The van der Waals surface area contributed by atoms with Crippen LogP contribution in [0.4, 0.5) is 0 Å². The molecule has 2 fully saturated rings. The van der Waals surface area contributed by atoms with E-state index in [2.05, 4.69) is 17.1 Å². The second-order valence-electron chi connectivity index (χ2n) is 7.93. The number of aromatic nitrogens is 2. The zero-order chi connectivity index (χ0) is 18.9. The molecule has 3 heterocycles. The summed E-state index contributed by atoms with van der Waals surface area (Å²) in [6.45, 7) is 3.37. The predicted molar refractivity (Wildman–Crippen MR) is 105 cm³/mol. The number of nitrogens with one attached hydrogen (secondary N) is 1. The van der Waals surface area contributed by atoms with Gasteiger partial charge in [0.2, 0.25) is 0 Å². The first-order valence-corrected chi connectivity index (χ1v) is 9.51. The van der Waals surface area contributed by atoms with Crippen LogP contribution in [0.2, 0.25) is 5.02 Å². The van der Waals surface area contributed by atoms with E-state index in [1.54, 1.807) is 24.0 Å². The number of piperidine rings is 1. The van der Waals surface area contributed by atoms with Crippen molar-refractivity contribution in [3.8, 4) is 0 Å². The molecule has 1 N–H and O–H groups in total. The second-order valence-corrected chi connectivity index (χ2v) is 8.37. The van der Waals surface area contributed by atoms with Crippen molar-refractivity contribution in [2.45, 2.75) is 18.8 Å². The van der Waals surface area contributed by atoms with Crippen molar-refractivity contribution >= 4 is 28.4 Å². The van der Waals surface area contributed by atoms with Gasteiger partial charge in [-0.25, -0.2) is 0 Å². The van der Waals surface area contributed by atoms with E-state index in [0.29, 0.717) is 23.4 Å². The lowest BCUT2D eigenvalue weighted by Crippen LogP contribution is -2.33. The first-order valence-electron chi connectivity index (χ1n) is 9.13. The van der Waals surface area contributed by atoms with E-state index in [0.717, 1.165) is 29.1 Å². The standard InChI is InChI=1S/C21H20ClN3O2/c1-12-9-24(2)20(27)17-16(8-23-18(12)17)19(26)25-10-14-7-21(14,11-25)13-3-5-15(22)6-4-13/h3-6,8-9,14,23H,7,10-11H2,1-2H3. The van der Waals surface area contributed by atoms with Crippen molar-refractivity contribution < 1.29 is 4.79 Å². The third-order valence-corrected chi connectivity index (χ3v) is 6.53. The van der Waals surface area contributed by atoms with Gasteiger partial charge in [0.25, 0.3) is 11.5 Å². The van der Waals surface area contributed by atoms with Gasteiger partial charge in [-0.3, -0.25) is 9.59 Å². The Bertz CT molecular complexity index is 1140. The largest absolute Gasteiger partial charge is 0.360 e. The molecule has 2 unspecified atom stereocenters. The number of amides is 1. The van der Waals surface area contributed by atoms with Crippen molar-refractivity contribution in [1.29, 1.82) is 0 Å². The number of hydrogen-bond acceptors (Lipinski definition) is 2. The van der Waals surface area contributed by atoms with Gasteiger partial charge in [-0.15, -0.1) is 0 Å². The van der Waals surface area contributed by atoms with E-state index in [4.69, 9.17) is 11.6 Å². The van der Waals surface area contributed by atoms with E-state index >= 15 is 0 Å². The van der Waals surface area contributed by atoms with E-state index in [-0.39, 0.29) is 16.9 Å². The number of aryl methyl sites for hydroxylation is 2. The highest BCUT2D eigenvalue weighted by molar-refractivity contribution is 6.30. The molecule has 0 spiro atoms. The molecule has 5 rings (SSSR count). The number of carbonyl (C=O) groups excluding carboxylic acids is 1. The number of pyridine rings is 1. The fourth-order valence-electron chi connectivity index (χ4n) is 4.75. The van der Waals surface area contributed by atoms with Crippen LogP contribution in [-0.2, 0) is 12.5 Å². The maximum absolute atomic E-state index is 13.2. The number of nitrogens with zero attached hydrogens (tertiary/aromatic N) is 2. The summed E-state index contributed by atoms with van der Waals surface area (Å²) in [4.78, 5) is 30.9. The number of hydrogen-bond donors (Lipinski definition) is 1.